The van der Waals surface area contributed by atoms with Crippen LogP contribution in [0, 0.1) is 0 Å². The molecule has 2 aromatic carbocycles. The van der Waals surface area contributed by atoms with Crippen molar-refractivity contribution in [3.05, 3.63) is 78.1 Å². The molecule has 0 aliphatic heterocycles. The molecule has 0 spiro atoms. The van der Waals surface area contributed by atoms with Crippen LogP contribution in [0.4, 0.5) is 0 Å². The summed E-state index contributed by atoms with van der Waals surface area (Å²) in [4.78, 5) is 16.2. The van der Waals surface area contributed by atoms with Gasteiger partial charge in [-0.3, -0.25) is 4.79 Å². The van der Waals surface area contributed by atoms with E-state index in [0.717, 1.165) is 23.4 Å². The monoisotopic (exact) mass is 393 g/mol. The van der Waals surface area contributed by atoms with Crippen molar-refractivity contribution in [1.82, 2.24) is 9.78 Å². The van der Waals surface area contributed by atoms with Crippen LogP contribution in [0.1, 0.15) is 24.5 Å². The molecule has 0 aliphatic carbocycles. The fourth-order valence-corrected chi connectivity index (χ4v) is 2.79. The molecule has 3 rings (SSSR count). The number of ether oxygens (including phenoxy) is 1. The highest BCUT2D eigenvalue weighted by molar-refractivity contribution is 6.00. The number of hydrogen-bond donors (Lipinski definition) is 1. The van der Waals surface area contributed by atoms with Crippen molar-refractivity contribution >= 4 is 11.7 Å². The van der Waals surface area contributed by atoms with Gasteiger partial charge in [0.15, 0.2) is 6.61 Å². The highest BCUT2D eigenvalue weighted by Crippen LogP contribution is 2.14. The Labute approximate surface area is 169 Å². The van der Waals surface area contributed by atoms with Crippen LogP contribution in [0.15, 0.2) is 72.1 Å². The van der Waals surface area contributed by atoms with Crippen molar-refractivity contribution in [1.29, 1.82) is 0 Å². The summed E-state index contributed by atoms with van der Waals surface area (Å²) >= 11 is 0. The van der Waals surface area contributed by atoms with E-state index in [4.69, 9.17) is 14.7 Å². The molecule has 3 aromatic rings. The van der Waals surface area contributed by atoms with Crippen LogP contribution in [0.5, 0.6) is 5.75 Å². The highest BCUT2D eigenvalue weighted by atomic mass is 16.6. The van der Waals surface area contributed by atoms with Gasteiger partial charge in [0.25, 0.3) is 0 Å². The molecule has 150 valence electrons. The Hall–Kier alpha value is -3.61. The van der Waals surface area contributed by atoms with Crippen LogP contribution in [-0.4, -0.2) is 39.8 Å². The summed E-state index contributed by atoms with van der Waals surface area (Å²) in [5, 5.41) is 17.3. The Morgan fingerprint density at radius 1 is 1.14 bits per heavy atom. The van der Waals surface area contributed by atoms with Gasteiger partial charge in [0.2, 0.25) is 0 Å². The summed E-state index contributed by atoms with van der Waals surface area (Å²) < 4.78 is 7.41. The van der Waals surface area contributed by atoms with Gasteiger partial charge in [0.1, 0.15) is 12.4 Å². The Morgan fingerprint density at radius 3 is 2.66 bits per heavy atom. The van der Waals surface area contributed by atoms with Crippen LogP contribution in [0.3, 0.4) is 0 Å². The molecule has 7 heteroatoms. The van der Waals surface area contributed by atoms with Gasteiger partial charge in [-0.25, -0.2) is 4.68 Å². The fraction of sp³-hybridized carbons (Fsp3) is 0.227. The first-order chi connectivity index (χ1) is 14.2. The highest BCUT2D eigenvalue weighted by Gasteiger charge is 2.05. The molecule has 0 aliphatic rings. The molecule has 0 unspecified atom stereocenters. The lowest BCUT2D eigenvalue weighted by Gasteiger charge is -2.08. The largest absolute Gasteiger partial charge is 0.490 e. The molecule has 1 aromatic heterocycles. The SMILES string of the molecule is CC/C(=N\OCCOc1cccc(CC(=O)O)c1)c1ccc(-n2cccn2)cc1. The summed E-state index contributed by atoms with van der Waals surface area (Å²) in [6.07, 6.45) is 4.34. The molecule has 0 amide bonds. The van der Waals surface area contributed by atoms with Crippen molar-refractivity contribution in [3.63, 3.8) is 0 Å². The number of carboxylic acid groups (broad SMARTS) is 1. The van der Waals surface area contributed by atoms with Crippen molar-refractivity contribution in [2.24, 2.45) is 5.16 Å². The van der Waals surface area contributed by atoms with E-state index in [1.807, 2.05) is 43.5 Å². The number of rotatable bonds is 10. The number of nitrogens with zero attached hydrogens (tertiary/aromatic N) is 3. The molecule has 0 bridgehead atoms. The van der Waals surface area contributed by atoms with E-state index in [1.54, 1.807) is 35.1 Å². The minimum Gasteiger partial charge on any atom is -0.490 e. The Kier molecular flexibility index (Phi) is 7.00. The Balaban J connectivity index is 1.50. The smallest absolute Gasteiger partial charge is 0.307 e. The van der Waals surface area contributed by atoms with Gasteiger partial charge < -0.3 is 14.7 Å². The topological polar surface area (TPSA) is 85.9 Å². The second kappa shape index (κ2) is 10.1. The Bertz CT molecular complexity index is 950. The van der Waals surface area contributed by atoms with Crippen molar-refractivity contribution < 1.29 is 19.5 Å². The molecule has 0 atom stereocenters. The number of aromatic nitrogens is 2. The summed E-state index contributed by atoms with van der Waals surface area (Å²) in [7, 11) is 0. The lowest BCUT2D eigenvalue weighted by Crippen LogP contribution is -2.07. The van der Waals surface area contributed by atoms with Gasteiger partial charge >= 0.3 is 5.97 Å². The third-order valence-electron chi connectivity index (χ3n) is 4.18. The molecule has 1 N–H and O–H groups in total. The van der Waals surface area contributed by atoms with Gasteiger partial charge in [0, 0.05) is 12.4 Å². The molecule has 7 nitrogen and oxygen atoms in total. The molecule has 0 saturated heterocycles. The van der Waals surface area contributed by atoms with Crippen molar-refractivity contribution in [2.45, 2.75) is 19.8 Å². The molecule has 0 radical (unpaired) electrons. The predicted molar refractivity (Wildman–Crippen MR) is 110 cm³/mol. The van der Waals surface area contributed by atoms with Crippen molar-refractivity contribution in [2.75, 3.05) is 13.2 Å². The zero-order valence-electron chi connectivity index (χ0n) is 16.2. The average molecular weight is 393 g/mol. The second-order valence-electron chi connectivity index (χ2n) is 6.29. The zero-order chi connectivity index (χ0) is 20.5. The number of benzene rings is 2. The maximum absolute atomic E-state index is 10.8. The molecule has 29 heavy (non-hydrogen) atoms. The van der Waals surface area contributed by atoms with E-state index in [-0.39, 0.29) is 13.0 Å². The summed E-state index contributed by atoms with van der Waals surface area (Å²) in [5.74, 6) is -0.258. The lowest BCUT2D eigenvalue weighted by molar-refractivity contribution is -0.136. The van der Waals surface area contributed by atoms with E-state index < -0.39 is 5.97 Å². The third kappa shape index (κ3) is 5.93. The Morgan fingerprint density at radius 2 is 1.97 bits per heavy atom. The third-order valence-corrected chi connectivity index (χ3v) is 4.18. The number of oxime groups is 1. The van der Waals surface area contributed by atoms with Crippen LogP contribution < -0.4 is 4.74 Å². The maximum Gasteiger partial charge on any atom is 0.307 e. The number of carboxylic acids is 1. The summed E-state index contributed by atoms with van der Waals surface area (Å²) in [5.41, 5.74) is 3.51. The van der Waals surface area contributed by atoms with E-state index in [2.05, 4.69) is 10.3 Å². The first-order valence-corrected chi connectivity index (χ1v) is 9.38. The van der Waals surface area contributed by atoms with Gasteiger partial charge in [-0.1, -0.05) is 36.3 Å². The van der Waals surface area contributed by atoms with E-state index in [9.17, 15) is 4.79 Å². The van der Waals surface area contributed by atoms with E-state index in [0.29, 0.717) is 17.9 Å². The van der Waals surface area contributed by atoms with Crippen molar-refractivity contribution in [3.8, 4) is 11.4 Å². The molecule has 0 saturated carbocycles. The van der Waals surface area contributed by atoms with Crippen LogP contribution in [-0.2, 0) is 16.1 Å². The minimum atomic E-state index is -0.871. The molecule has 0 fully saturated rings. The maximum atomic E-state index is 10.8. The van der Waals surface area contributed by atoms with E-state index >= 15 is 0 Å². The summed E-state index contributed by atoms with van der Waals surface area (Å²) in [6, 6.07) is 16.9. The molecular formula is C22H23N3O4. The zero-order valence-corrected chi connectivity index (χ0v) is 16.2. The van der Waals surface area contributed by atoms with Gasteiger partial charge in [-0.2, -0.15) is 5.10 Å². The quantitative estimate of drug-likeness (QED) is 0.322. The number of aliphatic carboxylic acids is 1. The summed E-state index contributed by atoms with van der Waals surface area (Å²) in [6.45, 7) is 2.63. The second-order valence-corrected chi connectivity index (χ2v) is 6.29. The van der Waals surface area contributed by atoms with Crippen LogP contribution >= 0.6 is 0 Å². The van der Waals surface area contributed by atoms with Gasteiger partial charge in [0.05, 0.1) is 17.8 Å². The van der Waals surface area contributed by atoms with Gasteiger partial charge in [-0.15, -0.1) is 0 Å². The standard InChI is InChI=1S/C22H23N3O4/c1-2-21(18-7-9-19(10-8-18)25-12-4-11-23-25)24-29-14-13-28-20-6-3-5-17(15-20)16-22(26)27/h3-12,15H,2,13-14,16H2,1H3,(H,26,27)/b24-21+. The minimum absolute atomic E-state index is 0.0307. The number of hydrogen-bond acceptors (Lipinski definition) is 5. The lowest BCUT2D eigenvalue weighted by atomic mass is 10.1. The fourth-order valence-electron chi connectivity index (χ4n) is 2.79. The first kappa shape index (κ1) is 20.1. The number of carbonyl (C=O) groups is 1. The molecule has 1 heterocycles. The average Bonchev–Trinajstić information content (AvgIpc) is 3.26. The predicted octanol–water partition coefficient (Wildman–Crippen LogP) is 3.71. The molecular weight excluding hydrogens is 370 g/mol. The normalized spacial score (nSPS) is 11.3. The van der Waals surface area contributed by atoms with Gasteiger partial charge in [-0.05, 0) is 47.9 Å². The van der Waals surface area contributed by atoms with Crippen LogP contribution in [0.2, 0.25) is 0 Å². The van der Waals surface area contributed by atoms with E-state index in [1.165, 1.54) is 0 Å². The van der Waals surface area contributed by atoms with Crippen LogP contribution in [0.25, 0.3) is 5.69 Å². The first-order valence-electron chi connectivity index (χ1n) is 9.38.